The van der Waals surface area contributed by atoms with Crippen LogP contribution in [-0.2, 0) is 12.7 Å². The number of aromatic nitrogens is 2. The number of H-pyrrole nitrogens is 1. The number of aryl methyl sites for hydroxylation is 2. The fraction of sp³-hybridized carbons (Fsp3) is 0.560. The zero-order valence-corrected chi connectivity index (χ0v) is 21.2. The SMILES string of the molecule is Cc1c(C)n(CCCCCCSCCCC(F)(F)C(F)(F)F)c2ccc3[nH]c(=O)cc(C(F)(F)F)c3c12. The molecule has 206 valence electrons. The number of rotatable bonds is 11. The number of halogens is 8. The molecular formula is C25H28F8N2OS. The van der Waals surface area contributed by atoms with Crippen LogP contribution in [0.1, 0.15) is 55.3 Å². The summed E-state index contributed by atoms with van der Waals surface area (Å²) >= 11 is 1.35. The summed E-state index contributed by atoms with van der Waals surface area (Å²) in [5.74, 6) is -3.75. The lowest BCUT2D eigenvalue weighted by atomic mass is 10.0. The van der Waals surface area contributed by atoms with Crippen molar-refractivity contribution >= 4 is 33.6 Å². The van der Waals surface area contributed by atoms with Gasteiger partial charge in [-0.1, -0.05) is 12.8 Å². The van der Waals surface area contributed by atoms with Gasteiger partial charge in [-0.15, -0.1) is 0 Å². The molecule has 2 aromatic heterocycles. The Bertz CT molecular complexity index is 1290. The maximum Gasteiger partial charge on any atom is 0.453 e. The summed E-state index contributed by atoms with van der Waals surface area (Å²) in [6.07, 6.45) is -8.38. The highest BCUT2D eigenvalue weighted by Crippen LogP contribution is 2.40. The second kappa shape index (κ2) is 11.2. The zero-order valence-electron chi connectivity index (χ0n) is 20.4. The first kappa shape index (κ1) is 29.3. The van der Waals surface area contributed by atoms with Crippen LogP contribution in [0.5, 0.6) is 0 Å². The normalized spacial score (nSPS) is 13.2. The summed E-state index contributed by atoms with van der Waals surface area (Å²) in [6, 6.07) is 3.80. The Labute approximate surface area is 212 Å². The summed E-state index contributed by atoms with van der Waals surface area (Å²) < 4.78 is 105. The van der Waals surface area contributed by atoms with E-state index in [9.17, 15) is 39.9 Å². The first-order chi connectivity index (χ1) is 17.1. The predicted molar refractivity (Wildman–Crippen MR) is 131 cm³/mol. The summed E-state index contributed by atoms with van der Waals surface area (Å²) in [6.45, 7) is 4.20. The van der Waals surface area contributed by atoms with Gasteiger partial charge in [0.25, 0.3) is 0 Å². The Morgan fingerprint density at radius 2 is 1.51 bits per heavy atom. The molecule has 1 aromatic carbocycles. The second-order valence-corrected chi connectivity index (χ2v) is 10.3. The van der Waals surface area contributed by atoms with Crippen LogP contribution in [0.2, 0.25) is 0 Å². The van der Waals surface area contributed by atoms with Crippen LogP contribution < -0.4 is 5.56 Å². The van der Waals surface area contributed by atoms with Gasteiger partial charge in [0.05, 0.1) is 5.56 Å². The van der Waals surface area contributed by atoms with E-state index in [2.05, 4.69) is 4.98 Å². The number of fused-ring (bicyclic) bond motifs is 3. The summed E-state index contributed by atoms with van der Waals surface area (Å²) in [7, 11) is 0. The molecule has 0 spiro atoms. The van der Waals surface area contributed by atoms with Gasteiger partial charge >= 0.3 is 18.3 Å². The molecule has 0 amide bonds. The highest BCUT2D eigenvalue weighted by Gasteiger charge is 2.56. The van der Waals surface area contributed by atoms with Crippen molar-refractivity contribution in [2.24, 2.45) is 0 Å². The van der Waals surface area contributed by atoms with Crippen molar-refractivity contribution in [3.05, 3.63) is 45.4 Å². The third kappa shape index (κ3) is 6.61. The molecule has 12 heteroatoms. The molecule has 0 unspecified atom stereocenters. The third-order valence-electron chi connectivity index (χ3n) is 6.52. The standard InChI is InChI=1S/C25H28F8N2OS/c1-15-16(2)35(11-5-3-4-6-12-37-13-7-10-23(26,27)25(31,32)33)19-9-8-18-22(21(15)19)17(24(28,29)30)14-20(36)34-18/h8-9,14H,3-7,10-13H2,1-2H3,(H,34,36). The van der Waals surface area contributed by atoms with Crippen LogP contribution in [0.25, 0.3) is 21.8 Å². The molecule has 0 aliphatic heterocycles. The predicted octanol–water partition coefficient (Wildman–Crippen LogP) is 8.39. The van der Waals surface area contributed by atoms with Crippen LogP contribution in [0.4, 0.5) is 35.1 Å². The van der Waals surface area contributed by atoms with E-state index in [1.807, 2.05) is 11.5 Å². The largest absolute Gasteiger partial charge is 0.453 e. The van der Waals surface area contributed by atoms with Gasteiger partial charge in [-0.2, -0.15) is 46.9 Å². The average molecular weight is 557 g/mol. The molecule has 3 aromatic rings. The smallest absolute Gasteiger partial charge is 0.345 e. The second-order valence-electron chi connectivity index (χ2n) is 9.12. The van der Waals surface area contributed by atoms with E-state index in [-0.39, 0.29) is 23.1 Å². The Morgan fingerprint density at radius 3 is 2.16 bits per heavy atom. The maximum absolute atomic E-state index is 13.7. The minimum absolute atomic E-state index is 0.0195. The van der Waals surface area contributed by atoms with E-state index in [1.165, 1.54) is 17.8 Å². The number of thioether (sulfide) groups is 1. The summed E-state index contributed by atoms with van der Waals surface area (Å²) in [5.41, 5.74) is 0.569. The Hall–Kier alpha value is -2.24. The van der Waals surface area contributed by atoms with Crippen molar-refractivity contribution in [2.75, 3.05) is 11.5 Å². The van der Waals surface area contributed by atoms with E-state index in [1.54, 1.807) is 13.0 Å². The molecule has 0 saturated heterocycles. The molecule has 0 aliphatic rings. The van der Waals surface area contributed by atoms with Gasteiger partial charge in [-0.3, -0.25) is 4.79 Å². The van der Waals surface area contributed by atoms with Gasteiger partial charge < -0.3 is 9.55 Å². The molecule has 2 heterocycles. The lowest BCUT2D eigenvalue weighted by Crippen LogP contribution is -2.36. The summed E-state index contributed by atoms with van der Waals surface area (Å²) in [5, 5.41) is 0.444. The highest BCUT2D eigenvalue weighted by molar-refractivity contribution is 7.99. The first-order valence-electron chi connectivity index (χ1n) is 11.9. The topological polar surface area (TPSA) is 37.8 Å². The maximum atomic E-state index is 13.7. The van der Waals surface area contributed by atoms with Crippen molar-refractivity contribution in [1.29, 1.82) is 0 Å². The number of pyridine rings is 1. The quantitative estimate of drug-likeness (QED) is 0.190. The lowest BCUT2D eigenvalue weighted by Gasteiger charge is -2.19. The van der Waals surface area contributed by atoms with Crippen LogP contribution >= 0.6 is 11.8 Å². The monoisotopic (exact) mass is 556 g/mol. The summed E-state index contributed by atoms with van der Waals surface area (Å²) in [4.78, 5) is 14.3. The van der Waals surface area contributed by atoms with Crippen molar-refractivity contribution in [1.82, 2.24) is 9.55 Å². The molecule has 0 radical (unpaired) electrons. The van der Waals surface area contributed by atoms with Crippen molar-refractivity contribution < 1.29 is 35.1 Å². The van der Waals surface area contributed by atoms with Crippen LogP contribution in [-0.4, -0.2) is 33.2 Å². The molecular weight excluding hydrogens is 528 g/mol. The number of alkyl halides is 8. The van der Waals surface area contributed by atoms with Gasteiger partial charge in [0.1, 0.15) is 0 Å². The van der Waals surface area contributed by atoms with Crippen molar-refractivity contribution in [3.8, 4) is 0 Å². The van der Waals surface area contributed by atoms with Crippen molar-refractivity contribution in [3.63, 3.8) is 0 Å². The third-order valence-corrected chi connectivity index (χ3v) is 7.67. The molecule has 0 atom stereocenters. The molecule has 37 heavy (non-hydrogen) atoms. The Kier molecular flexibility index (Phi) is 8.91. The fourth-order valence-corrected chi connectivity index (χ4v) is 5.46. The van der Waals surface area contributed by atoms with E-state index in [0.29, 0.717) is 34.8 Å². The number of hydrogen-bond acceptors (Lipinski definition) is 2. The van der Waals surface area contributed by atoms with Gasteiger partial charge in [0.15, 0.2) is 0 Å². The molecule has 0 aliphatic carbocycles. The van der Waals surface area contributed by atoms with E-state index < -0.39 is 35.8 Å². The minimum Gasteiger partial charge on any atom is -0.345 e. The van der Waals surface area contributed by atoms with Gasteiger partial charge in [-0.25, -0.2) is 0 Å². The molecule has 3 rings (SSSR count). The first-order valence-corrected chi connectivity index (χ1v) is 13.1. The van der Waals surface area contributed by atoms with E-state index in [4.69, 9.17) is 0 Å². The number of aromatic amines is 1. The van der Waals surface area contributed by atoms with Gasteiger partial charge in [0.2, 0.25) is 5.56 Å². The van der Waals surface area contributed by atoms with Gasteiger partial charge in [0, 0.05) is 46.5 Å². The van der Waals surface area contributed by atoms with Gasteiger partial charge in [-0.05, 0) is 62.3 Å². The molecule has 3 nitrogen and oxygen atoms in total. The van der Waals surface area contributed by atoms with Crippen LogP contribution in [0.15, 0.2) is 23.0 Å². The number of hydrogen-bond donors (Lipinski definition) is 1. The number of benzene rings is 1. The molecule has 0 bridgehead atoms. The van der Waals surface area contributed by atoms with Crippen molar-refractivity contribution in [2.45, 2.75) is 77.2 Å². The number of nitrogens with one attached hydrogen (secondary N) is 1. The minimum atomic E-state index is -5.51. The molecule has 1 N–H and O–H groups in total. The fourth-order valence-electron chi connectivity index (χ4n) is 4.50. The lowest BCUT2D eigenvalue weighted by molar-refractivity contribution is -0.284. The molecule has 0 fully saturated rings. The zero-order chi connectivity index (χ0) is 27.6. The molecule has 0 saturated carbocycles. The average Bonchev–Trinajstić information content (AvgIpc) is 3.02. The van der Waals surface area contributed by atoms with Crippen LogP contribution in [0.3, 0.4) is 0 Å². The number of unbranched alkanes of at least 4 members (excludes halogenated alkanes) is 3. The highest BCUT2D eigenvalue weighted by atomic mass is 32.2. The Balaban J connectivity index is 1.56. The Morgan fingerprint density at radius 1 is 0.865 bits per heavy atom. The van der Waals surface area contributed by atoms with E-state index >= 15 is 0 Å². The number of nitrogens with zero attached hydrogens (tertiary/aromatic N) is 1. The van der Waals surface area contributed by atoms with E-state index in [0.717, 1.165) is 31.4 Å². The van der Waals surface area contributed by atoms with Crippen LogP contribution in [0, 0.1) is 13.8 Å².